The van der Waals surface area contributed by atoms with Crippen LogP contribution in [0.5, 0.6) is 5.75 Å². The molecule has 0 N–H and O–H groups in total. The lowest BCUT2D eigenvalue weighted by atomic mass is 10.2. The molecule has 0 saturated heterocycles. The summed E-state index contributed by atoms with van der Waals surface area (Å²) in [4.78, 5) is 9.93. The first kappa shape index (κ1) is 18.6. The van der Waals surface area contributed by atoms with Crippen LogP contribution in [-0.2, 0) is 6.54 Å². The second kappa shape index (κ2) is 7.43. The summed E-state index contributed by atoms with van der Waals surface area (Å²) in [6.07, 6.45) is 0. The summed E-state index contributed by atoms with van der Waals surface area (Å²) in [7, 11) is 0. The number of halogens is 2. The van der Waals surface area contributed by atoms with Gasteiger partial charge in [0, 0.05) is 19.9 Å². The van der Waals surface area contributed by atoms with Crippen molar-refractivity contribution in [2.24, 2.45) is 0 Å². The maximum atomic E-state index is 5.86. The molecular weight excluding hydrogens is 494 g/mol. The van der Waals surface area contributed by atoms with E-state index in [9.17, 15) is 0 Å². The SMILES string of the molecule is CCOc1ccccc1Cn1c2nc3ccccc3nc2c2cc(Br)cc(Br)c21. The van der Waals surface area contributed by atoms with Crippen molar-refractivity contribution in [2.45, 2.75) is 13.5 Å². The Bertz CT molecular complexity index is 1380. The highest BCUT2D eigenvalue weighted by Gasteiger charge is 2.18. The first-order valence-corrected chi connectivity index (χ1v) is 11.0. The maximum absolute atomic E-state index is 5.86. The number of nitrogens with zero attached hydrogens (tertiary/aromatic N) is 3. The molecule has 6 heteroatoms. The van der Waals surface area contributed by atoms with Gasteiger partial charge in [0.05, 0.1) is 29.7 Å². The van der Waals surface area contributed by atoms with Crippen LogP contribution in [0.15, 0.2) is 69.6 Å². The largest absolute Gasteiger partial charge is 0.494 e. The minimum atomic E-state index is 0.630. The zero-order valence-electron chi connectivity index (χ0n) is 15.7. The first-order valence-electron chi connectivity index (χ1n) is 9.40. The molecule has 3 aromatic carbocycles. The number of hydrogen-bond acceptors (Lipinski definition) is 3. The van der Waals surface area contributed by atoms with E-state index in [1.54, 1.807) is 0 Å². The highest BCUT2D eigenvalue weighted by molar-refractivity contribution is 9.11. The Labute approximate surface area is 184 Å². The number of ether oxygens (including phenoxy) is 1. The van der Waals surface area contributed by atoms with Gasteiger partial charge in [-0.15, -0.1) is 0 Å². The monoisotopic (exact) mass is 509 g/mol. The minimum absolute atomic E-state index is 0.630. The summed E-state index contributed by atoms with van der Waals surface area (Å²) in [5, 5.41) is 1.06. The third-order valence-corrected chi connectivity index (χ3v) is 6.02. The van der Waals surface area contributed by atoms with Gasteiger partial charge in [0.2, 0.25) is 0 Å². The Morgan fingerprint density at radius 1 is 0.931 bits per heavy atom. The predicted octanol–water partition coefficient (Wildman–Crippen LogP) is 6.71. The van der Waals surface area contributed by atoms with Gasteiger partial charge in [-0.3, -0.25) is 0 Å². The fourth-order valence-electron chi connectivity index (χ4n) is 3.74. The van der Waals surface area contributed by atoms with Gasteiger partial charge in [0.15, 0.2) is 5.65 Å². The molecule has 2 heterocycles. The van der Waals surface area contributed by atoms with E-state index in [1.165, 1.54) is 0 Å². The fraction of sp³-hybridized carbons (Fsp3) is 0.130. The Hall–Kier alpha value is -2.44. The number of rotatable bonds is 4. The number of benzene rings is 3. The summed E-state index contributed by atoms with van der Waals surface area (Å²) in [5.74, 6) is 0.895. The first-order chi connectivity index (χ1) is 14.2. The molecule has 0 bridgehead atoms. The van der Waals surface area contributed by atoms with Crippen molar-refractivity contribution in [1.82, 2.24) is 14.5 Å². The van der Waals surface area contributed by atoms with Crippen molar-refractivity contribution in [3.05, 3.63) is 75.2 Å². The molecule has 2 aromatic heterocycles. The van der Waals surface area contributed by atoms with Crippen molar-refractivity contribution < 1.29 is 4.74 Å². The number of aromatic nitrogens is 3. The fourth-order valence-corrected chi connectivity index (χ4v) is 5.18. The van der Waals surface area contributed by atoms with E-state index in [4.69, 9.17) is 14.7 Å². The molecule has 0 amide bonds. The van der Waals surface area contributed by atoms with Gasteiger partial charge in [0.1, 0.15) is 11.3 Å². The van der Waals surface area contributed by atoms with E-state index in [1.807, 2.05) is 49.4 Å². The average molecular weight is 511 g/mol. The topological polar surface area (TPSA) is 39.9 Å². The molecule has 5 aromatic rings. The maximum Gasteiger partial charge on any atom is 0.160 e. The lowest BCUT2D eigenvalue weighted by Gasteiger charge is -2.13. The van der Waals surface area contributed by atoms with Crippen molar-refractivity contribution in [1.29, 1.82) is 0 Å². The minimum Gasteiger partial charge on any atom is -0.494 e. The quantitative estimate of drug-likeness (QED) is 0.269. The van der Waals surface area contributed by atoms with Crippen molar-refractivity contribution in [3.63, 3.8) is 0 Å². The highest BCUT2D eigenvalue weighted by atomic mass is 79.9. The lowest BCUT2D eigenvalue weighted by molar-refractivity contribution is 0.336. The molecule has 4 nitrogen and oxygen atoms in total. The standard InChI is InChI=1S/C23H17Br2N3O/c1-2-29-20-10-6-3-7-14(20)13-28-22-16(11-15(24)12-17(22)25)21-23(28)27-19-9-5-4-8-18(19)26-21/h3-12H,2,13H2,1H3. The van der Waals surface area contributed by atoms with E-state index in [0.717, 1.165) is 53.4 Å². The molecule has 0 spiro atoms. The Morgan fingerprint density at radius 2 is 1.66 bits per heavy atom. The summed E-state index contributed by atoms with van der Waals surface area (Å²) in [5.41, 5.74) is 5.73. The summed E-state index contributed by atoms with van der Waals surface area (Å²) < 4.78 is 10.1. The van der Waals surface area contributed by atoms with E-state index in [0.29, 0.717) is 13.2 Å². The van der Waals surface area contributed by atoms with Crippen LogP contribution < -0.4 is 4.74 Å². The second-order valence-electron chi connectivity index (χ2n) is 6.80. The van der Waals surface area contributed by atoms with Gasteiger partial charge in [-0.05, 0) is 53.2 Å². The van der Waals surface area contributed by atoms with Crippen molar-refractivity contribution in [3.8, 4) is 5.75 Å². The molecule has 0 unspecified atom stereocenters. The van der Waals surface area contributed by atoms with Crippen LogP contribution >= 0.6 is 31.9 Å². The number of para-hydroxylation sites is 3. The van der Waals surface area contributed by atoms with Crippen LogP contribution in [0, 0.1) is 0 Å². The van der Waals surface area contributed by atoms with Crippen LogP contribution in [-0.4, -0.2) is 21.1 Å². The summed E-state index contributed by atoms with van der Waals surface area (Å²) in [6, 6.07) is 20.3. The zero-order valence-corrected chi connectivity index (χ0v) is 18.9. The molecule has 0 radical (unpaired) electrons. The van der Waals surface area contributed by atoms with Crippen molar-refractivity contribution >= 4 is 65.0 Å². The smallest absolute Gasteiger partial charge is 0.160 e. The van der Waals surface area contributed by atoms with E-state index < -0.39 is 0 Å². The molecule has 29 heavy (non-hydrogen) atoms. The van der Waals surface area contributed by atoms with Crippen LogP contribution in [0.25, 0.3) is 33.1 Å². The predicted molar refractivity (Wildman–Crippen MR) is 125 cm³/mol. The Kier molecular flexibility index (Phi) is 4.76. The lowest BCUT2D eigenvalue weighted by Crippen LogP contribution is -2.04. The Balaban J connectivity index is 1.84. The van der Waals surface area contributed by atoms with Gasteiger partial charge < -0.3 is 9.30 Å². The number of fused-ring (bicyclic) bond motifs is 4. The average Bonchev–Trinajstić information content (AvgIpc) is 3.01. The van der Waals surface area contributed by atoms with E-state index >= 15 is 0 Å². The van der Waals surface area contributed by atoms with Crippen LogP contribution in [0.3, 0.4) is 0 Å². The highest BCUT2D eigenvalue weighted by Crippen LogP contribution is 2.36. The van der Waals surface area contributed by atoms with E-state index in [2.05, 4.69) is 54.6 Å². The second-order valence-corrected chi connectivity index (χ2v) is 8.57. The molecule has 5 rings (SSSR count). The molecule has 0 aliphatic rings. The summed E-state index contributed by atoms with van der Waals surface area (Å²) >= 11 is 7.38. The van der Waals surface area contributed by atoms with Gasteiger partial charge >= 0.3 is 0 Å². The molecule has 0 atom stereocenters. The molecule has 144 valence electrons. The van der Waals surface area contributed by atoms with Gasteiger partial charge in [-0.2, -0.15) is 0 Å². The molecule has 0 fully saturated rings. The van der Waals surface area contributed by atoms with Crippen LogP contribution in [0.1, 0.15) is 12.5 Å². The van der Waals surface area contributed by atoms with E-state index in [-0.39, 0.29) is 0 Å². The number of hydrogen-bond donors (Lipinski definition) is 0. The van der Waals surface area contributed by atoms with Crippen LogP contribution in [0.4, 0.5) is 0 Å². The van der Waals surface area contributed by atoms with Gasteiger partial charge in [-0.25, -0.2) is 9.97 Å². The van der Waals surface area contributed by atoms with Gasteiger partial charge in [-0.1, -0.05) is 46.3 Å². The van der Waals surface area contributed by atoms with Gasteiger partial charge in [0.25, 0.3) is 0 Å². The third kappa shape index (κ3) is 3.20. The molecule has 0 saturated carbocycles. The molecule has 0 aliphatic heterocycles. The van der Waals surface area contributed by atoms with Crippen molar-refractivity contribution in [2.75, 3.05) is 6.61 Å². The molecular formula is C23H17Br2N3O. The normalized spacial score (nSPS) is 11.6. The van der Waals surface area contributed by atoms with Crippen LogP contribution in [0.2, 0.25) is 0 Å². The Morgan fingerprint density at radius 3 is 2.45 bits per heavy atom. The third-order valence-electron chi connectivity index (χ3n) is 4.96. The zero-order chi connectivity index (χ0) is 20.0. The molecule has 0 aliphatic carbocycles. The summed E-state index contributed by atoms with van der Waals surface area (Å²) in [6.45, 7) is 3.28.